The van der Waals surface area contributed by atoms with Crippen LogP contribution in [0.4, 0.5) is 0 Å². The van der Waals surface area contributed by atoms with E-state index in [2.05, 4.69) is 42.3 Å². The van der Waals surface area contributed by atoms with Crippen molar-refractivity contribution in [1.82, 2.24) is 14.5 Å². The molecule has 0 aliphatic carbocycles. The van der Waals surface area contributed by atoms with Gasteiger partial charge in [0.15, 0.2) is 0 Å². The number of rotatable bonds is 9. The van der Waals surface area contributed by atoms with Crippen LogP contribution in [0.5, 0.6) is 5.75 Å². The summed E-state index contributed by atoms with van der Waals surface area (Å²) in [5.74, 6) is 2.30. The third-order valence-electron chi connectivity index (χ3n) is 5.74. The van der Waals surface area contributed by atoms with E-state index in [4.69, 9.17) is 9.72 Å². The van der Waals surface area contributed by atoms with Gasteiger partial charge in [-0.15, -0.1) is 6.58 Å². The zero-order valence-corrected chi connectivity index (χ0v) is 17.6. The van der Waals surface area contributed by atoms with Crippen LogP contribution in [0.25, 0.3) is 11.0 Å². The number of carbonyl (C=O) groups is 1. The number of nitrogens with zero attached hydrogens (tertiary/aromatic N) is 3. The SMILES string of the molecule is C=CCN1C[C@@H](c2nc3ccccc3n2CCCCOc2ccccc2C)CC1=O. The van der Waals surface area contributed by atoms with Gasteiger partial charge in [0.25, 0.3) is 0 Å². The number of aryl methyl sites for hydroxylation is 2. The second-order valence-corrected chi connectivity index (χ2v) is 7.92. The number of aromatic nitrogens is 2. The molecule has 5 heteroatoms. The molecule has 156 valence electrons. The van der Waals surface area contributed by atoms with Crippen LogP contribution in [0.15, 0.2) is 61.2 Å². The number of carbonyl (C=O) groups excluding carboxylic acids is 1. The van der Waals surface area contributed by atoms with Crippen LogP contribution in [-0.2, 0) is 11.3 Å². The van der Waals surface area contributed by atoms with E-state index in [1.807, 2.05) is 29.2 Å². The number of likely N-dealkylation sites (tertiary alicyclic amines) is 1. The van der Waals surface area contributed by atoms with Gasteiger partial charge in [0.1, 0.15) is 11.6 Å². The summed E-state index contributed by atoms with van der Waals surface area (Å²) in [6.45, 7) is 8.72. The number of hydrogen-bond donors (Lipinski definition) is 0. The molecule has 1 amide bonds. The Kier molecular flexibility index (Phi) is 6.17. The first kappa shape index (κ1) is 20.2. The van der Waals surface area contributed by atoms with E-state index in [0.717, 1.165) is 47.6 Å². The first-order valence-electron chi connectivity index (χ1n) is 10.7. The number of ether oxygens (including phenoxy) is 1. The predicted octanol–water partition coefficient (Wildman–Crippen LogP) is 4.71. The number of benzene rings is 2. The molecule has 0 bridgehead atoms. The monoisotopic (exact) mass is 403 g/mol. The van der Waals surface area contributed by atoms with E-state index in [0.29, 0.717) is 26.1 Å². The van der Waals surface area contributed by atoms with Crippen molar-refractivity contribution in [2.45, 2.75) is 38.6 Å². The zero-order chi connectivity index (χ0) is 20.9. The van der Waals surface area contributed by atoms with Crippen LogP contribution >= 0.6 is 0 Å². The fourth-order valence-corrected chi connectivity index (χ4v) is 4.19. The third-order valence-corrected chi connectivity index (χ3v) is 5.74. The van der Waals surface area contributed by atoms with Crippen LogP contribution in [0, 0.1) is 6.92 Å². The molecule has 1 aromatic heterocycles. The molecular formula is C25H29N3O2. The standard InChI is InChI=1S/C25H29N3O2/c1-3-14-27-18-20(17-24(27)29)25-26-21-11-5-6-12-22(21)28(25)15-8-9-16-30-23-13-7-4-10-19(23)2/h3-7,10-13,20H,1,8-9,14-18H2,2H3/t20-/m0/s1. The molecule has 0 spiro atoms. The first-order chi connectivity index (χ1) is 14.7. The van der Waals surface area contributed by atoms with Crippen LogP contribution < -0.4 is 4.74 Å². The Bertz CT molecular complexity index is 1040. The van der Waals surface area contributed by atoms with Gasteiger partial charge in [0.2, 0.25) is 5.91 Å². The van der Waals surface area contributed by atoms with E-state index < -0.39 is 0 Å². The molecule has 0 radical (unpaired) electrons. The quantitative estimate of drug-likeness (QED) is 0.384. The van der Waals surface area contributed by atoms with Gasteiger partial charge >= 0.3 is 0 Å². The van der Waals surface area contributed by atoms with E-state index in [1.54, 1.807) is 6.08 Å². The summed E-state index contributed by atoms with van der Waals surface area (Å²) in [6, 6.07) is 16.4. The van der Waals surface area contributed by atoms with E-state index in [9.17, 15) is 4.79 Å². The molecule has 0 N–H and O–H groups in total. The number of imidazole rings is 1. The highest BCUT2D eigenvalue weighted by molar-refractivity contribution is 5.81. The van der Waals surface area contributed by atoms with Crippen molar-refractivity contribution in [2.75, 3.05) is 19.7 Å². The molecular weight excluding hydrogens is 374 g/mol. The van der Waals surface area contributed by atoms with Gasteiger partial charge in [-0.2, -0.15) is 0 Å². The normalized spacial score (nSPS) is 16.4. The minimum Gasteiger partial charge on any atom is -0.493 e. The molecule has 1 fully saturated rings. The van der Waals surface area contributed by atoms with Crippen LogP contribution in [0.3, 0.4) is 0 Å². The molecule has 1 aliphatic rings. The van der Waals surface area contributed by atoms with Crippen LogP contribution in [0.2, 0.25) is 0 Å². The van der Waals surface area contributed by atoms with Gasteiger partial charge in [0.05, 0.1) is 17.6 Å². The number of para-hydroxylation sites is 3. The summed E-state index contributed by atoms with van der Waals surface area (Å²) in [5, 5.41) is 0. The van der Waals surface area contributed by atoms with Crippen molar-refractivity contribution < 1.29 is 9.53 Å². The highest BCUT2D eigenvalue weighted by Crippen LogP contribution is 2.30. The lowest BCUT2D eigenvalue weighted by molar-refractivity contribution is -0.127. The largest absolute Gasteiger partial charge is 0.493 e. The average Bonchev–Trinajstić information content (AvgIpc) is 3.30. The fraction of sp³-hybridized carbons (Fsp3) is 0.360. The summed E-state index contributed by atoms with van der Waals surface area (Å²) >= 11 is 0. The smallest absolute Gasteiger partial charge is 0.223 e. The first-order valence-corrected chi connectivity index (χ1v) is 10.7. The van der Waals surface area contributed by atoms with Crippen molar-refractivity contribution in [2.24, 2.45) is 0 Å². The number of fused-ring (bicyclic) bond motifs is 1. The summed E-state index contributed by atoms with van der Waals surface area (Å²) in [4.78, 5) is 19.1. The number of unbranched alkanes of at least 4 members (excludes halogenated alkanes) is 1. The van der Waals surface area contributed by atoms with Gasteiger partial charge in [-0.05, 0) is 43.5 Å². The average molecular weight is 404 g/mol. The molecule has 2 aromatic carbocycles. The van der Waals surface area contributed by atoms with Gasteiger partial charge in [0, 0.05) is 32.0 Å². The lowest BCUT2D eigenvalue weighted by Crippen LogP contribution is -2.25. The third kappa shape index (κ3) is 4.25. The lowest BCUT2D eigenvalue weighted by atomic mass is 10.1. The molecule has 5 nitrogen and oxygen atoms in total. The zero-order valence-electron chi connectivity index (χ0n) is 17.6. The topological polar surface area (TPSA) is 47.4 Å². The molecule has 30 heavy (non-hydrogen) atoms. The Morgan fingerprint density at radius 2 is 1.97 bits per heavy atom. The van der Waals surface area contributed by atoms with Crippen molar-refractivity contribution >= 4 is 16.9 Å². The van der Waals surface area contributed by atoms with Crippen molar-refractivity contribution in [3.05, 3.63) is 72.6 Å². The van der Waals surface area contributed by atoms with E-state index in [-0.39, 0.29) is 11.8 Å². The molecule has 1 saturated heterocycles. The van der Waals surface area contributed by atoms with Crippen LogP contribution in [-0.4, -0.2) is 40.1 Å². The highest BCUT2D eigenvalue weighted by Gasteiger charge is 2.33. The van der Waals surface area contributed by atoms with Crippen molar-refractivity contribution in [1.29, 1.82) is 0 Å². The molecule has 1 aliphatic heterocycles. The van der Waals surface area contributed by atoms with E-state index >= 15 is 0 Å². The highest BCUT2D eigenvalue weighted by atomic mass is 16.5. The maximum atomic E-state index is 12.4. The maximum Gasteiger partial charge on any atom is 0.223 e. The summed E-state index contributed by atoms with van der Waals surface area (Å²) in [7, 11) is 0. The number of amides is 1. The second kappa shape index (κ2) is 9.16. The second-order valence-electron chi connectivity index (χ2n) is 7.92. The summed E-state index contributed by atoms with van der Waals surface area (Å²) < 4.78 is 8.25. The summed E-state index contributed by atoms with van der Waals surface area (Å²) in [6.07, 6.45) is 4.27. The molecule has 0 unspecified atom stereocenters. The molecule has 1 atom stereocenters. The van der Waals surface area contributed by atoms with Gasteiger partial charge in [-0.3, -0.25) is 4.79 Å². The fourth-order valence-electron chi connectivity index (χ4n) is 4.19. The molecule has 2 heterocycles. The van der Waals surface area contributed by atoms with E-state index in [1.165, 1.54) is 0 Å². The number of hydrogen-bond acceptors (Lipinski definition) is 3. The Balaban J connectivity index is 1.44. The predicted molar refractivity (Wildman–Crippen MR) is 120 cm³/mol. The molecule has 0 saturated carbocycles. The minimum absolute atomic E-state index is 0.132. The van der Waals surface area contributed by atoms with Gasteiger partial charge < -0.3 is 14.2 Å². The van der Waals surface area contributed by atoms with Crippen LogP contribution in [0.1, 0.15) is 36.6 Å². The van der Waals surface area contributed by atoms with Crippen molar-refractivity contribution in [3.63, 3.8) is 0 Å². The van der Waals surface area contributed by atoms with Gasteiger partial charge in [-0.1, -0.05) is 36.4 Å². The van der Waals surface area contributed by atoms with Crippen molar-refractivity contribution in [3.8, 4) is 5.75 Å². The molecule has 4 rings (SSSR count). The summed E-state index contributed by atoms with van der Waals surface area (Å²) in [5.41, 5.74) is 3.30. The Hall–Kier alpha value is -3.08. The molecule has 3 aromatic rings. The maximum absolute atomic E-state index is 12.4. The minimum atomic E-state index is 0.132. The Labute approximate surface area is 178 Å². The Morgan fingerprint density at radius 3 is 2.80 bits per heavy atom. The Morgan fingerprint density at radius 1 is 1.17 bits per heavy atom. The lowest BCUT2D eigenvalue weighted by Gasteiger charge is -2.16. The van der Waals surface area contributed by atoms with Gasteiger partial charge in [-0.25, -0.2) is 4.98 Å².